The minimum absolute atomic E-state index is 0.00519. The van der Waals surface area contributed by atoms with Crippen molar-refractivity contribution in [2.24, 2.45) is 0 Å². The van der Waals surface area contributed by atoms with Crippen LogP contribution in [0.3, 0.4) is 0 Å². The van der Waals surface area contributed by atoms with Crippen molar-refractivity contribution in [1.29, 1.82) is 0 Å². The van der Waals surface area contributed by atoms with Crippen LogP contribution in [-0.4, -0.2) is 41.6 Å². The number of carbonyl (C=O) groups excluding carboxylic acids is 2. The molecule has 1 fully saturated rings. The molecule has 0 radical (unpaired) electrons. The van der Waals surface area contributed by atoms with Crippen molar-refractivity contribution in [2.75, 3.05) is 13.1 Å². The Bertz CT molecular complexity index is 673. The van der Waals surface area contributed by atoms with Crippen LogP contribution >= 0.6 is 15.9 Å². The maximum absolute atomic E-state index is 14.1. The number of hydrogen-bond acceptors (Lipinski definition) is 3. The molecule has 1 heterocycles. The number of nitrogens with one attached hydrogen (secondary N) is 1. The van der Waals surface area contributed by atoms with Gasteiger partial charge >= 0.3 is 6.09 Å². The molecular formula is C18H24BrFN2O3. The van der Waals surface area contributed by atoms with Gasteiger partial charge in [-0.1, -0.05) is 6.07 Å². The van der Waals surface area contributed by atoms with E-state index < -0.39 is 23.4 Å². The van der Waals surface area contributed by atoms with Crippen molar-refractivity contribution in [1.82, 2.24) is 10.2 Å². The second kappa shape index (κ2) is 7.72. The Labute approximate surface area is 156 Å². The Balaban J connectivity index is 2.04. The lowest BCUT2D eigenvalue weighted by molar-refractivity contribution is 0.0185. The molecule has 1 N–H and O–H groups in total. The predicted molar refractivity (Wildman–Crippen MR) is 97.1 cm³/mol. The first-order valence-electron chi connectivity index (χ1n) is 8.32. The Hall–Kier alpha value is -1.63. The van der Waals surface area contributed by atoms with E-state index in [9.17, 15) is 14.0 Å². The molecule has 1 aromatic carbocycles. The summed E-state index contributed by atoms with van der Waals surface area (Å²) in [5.74, 6) is -1.06. The zero-order chi connectivity index (χ0) is 18.8. The van der Waals surface area contributed by atoms with Crippen molar-refractivity contribution < 1.29 is 18.7 Å². The molecule has 0 bridgehead atoms. The molecule has 7 heteroatoms. The fraction of sp³-hybridized carbons (Fsp3) is 0.556. The highest BCUT2D eigenvalue weighted by molar-refractivity contribution is 9.10. The smallest absolute Gasteiger partial charge is 0.410 e. The minimum Gasteiger partial charge on any atom is -0.444 e. The Morgan fingerprint density at radius 3 is 2.68 bits per heavy atom. The quantitative estimate of drug-likeness (QED) is 0.794. The molecule has 0 spiro atoms. The highest BCUT2D eigenvalue weighted by atomic mass is 79.9. The van der Waals surface area contributed by atoms with Crippen LogP contribution in [0.5, 0.6) is 0 Å². The number of nitrogens with zero attached hydrogens (tertiary/aromatic N) is 1. The molecule has 5 nitrogen and oxygen atoms in total. The molecule has 2 amide bonds. The number of piperidine rings is 1. The molecule has 1 saturated heterocycles. The normalized spacial score (nSPS) is 18.0. The molecule has 1 aromatic rings. The van der Waals surface area contributed by atoms with Crippen LogP contribution in [0.2, 0.25) is 0 Å². The van der Waals surface area contributed by atoms with Gasteiger partial charge in [-0.05, 0) is 68.1 Å². The maximum Gasteiger partial charge on any atom is 0.410 e. The van der Waals surface area contributed by atoms with Gasteiger partial charge in [0, 0.05) is 23.6 Å². The first-order valence-corrected chi connectivity index (χ1v) is 9.11. The average Bonchev–Trinajstić information content (AvgIpc) is 2.50. The van der Waals surface area contributed by atoms with Crippen molar-refractivity contribution in [3.63, 3.8) is 0 Å². The molecule has 1 aliphatic rings. The van der Waals surface area contributed by atoms with Crippen LogP contribution in [0.4, 0.5) is 9.18 Å². The molecule has 1 atom stereocenters. The summed E-state index contributed by atoms with van der Waals surface area (Å²) >= 11 is 3.28. The lowest BCUT2D eigenvalue weighted by atomic mass is 10.0. The van der Waals surface area contributed by atoms with E-state index >= 15 is 0 Å². The number of hydrogen-bond donors (Lipinski definition) is 1. The first-order chi connectivity index (χ1) is 11.6. The highest BCUT2D eigenvalue weighted by Crippen LogP contribution is 2.24. The molecule has 0 aromatic heterocycles. The van der Waals surface area contributed by atoms with E-state index in [1.807, 2.05) is 20.8 Å². The summed E-state index contributed by atoms with van der Waals surface area (Å²) in [5, 5.41) is 2.83. The van der Waals surface area contributed by atoms with E-state index in [1.165, 1.54) is 6.07 Å². The topological polar surface area (TPSA) is 58.6 Å². The van der Waals surface area contributed by atoms with Gasteiger partial charge in [0.15, 0.2) is 0 Å². The standard InChI is InChI=1S/C18H24BrFN2O3/c1-11-7-8-13(20)14(15(11)19)16(23)21-12-6-5-9-22(10-12)17(24)25-18(2,3)4/h7-8,12H,5-6,9-10H2,1-4H3,(H,21,23). The van der Waals surface area contributed by atoms with Crippen LogP contribution in [0.25, 0.3) is 0 Å². The zero-order valence-corrected chi connectivity index (χ0v) is 16.6. The summed E-state index contributed by atoms with van der Waals surface area (Å²) in [7, 11) is 0. The van der Waals surface area contributed by atoms with Crippen LogP contribution in [-0.2, 0) is 4.74 Å². The summed E-state index contributed by atoms with van der Waals surface area (Å²) in [4.78, 5) is 26.3. The fourth-order valence-corrected chi connectivity index (χ4v) is 3.21. The number of amides is 2. The monoisotopic (exact) mass is 414 g/mol. The van der Waals surface area contributed by atoms with E-state index in [4.69, 9.17) is 4.74 Å². The second-order valence-corrected chi connectivity index (χ2v) is 8.09. The maximum atomic E-state index is 14.1. The lowest BCUT2D eigenvalue weighted by Crippen LogP contribution is -2.50. The Morgan fingerprint density at radius 2 is 2.04 bits per heavy atom. The highest BCUT2D eigenvalue weighted by Gasteiger charge is 2.29. The summed E-state index contributed by atoms with van der Waals surface area (Å²) in [6.07, 6.45) is 1.09. The predicted octanol–water partition coefficient (Wildman–Crippen LogP) is 4.03. The second-order valence-electron chi connectivity index (χ2n) is 7.29. The van der Waals surface area contributed by atoms with Crippen LogP contribution < -0.4 is 5.32 Å². The van der Waals surface area contributed by atoms with Crippen molar-refractivity contribution in [3.8, 4) is 0 Å². The molecule has 0 aliphatic carbocycles. The summed E-state index contributed by atoms with van der Waals surface area (Å²) < 4.78 is 19.9. The van der Waals surface area contributed by atoms with Crippen molar-refractivity contribution in [3.05, 3.63) is 33.5 Å². The van der Waals surface area contributed by atoms with E-state index in [0.717, 1.165) is 18.4 Å². The van der Waals surface area contributed by atoms with Crippen molar-refractivity contribution >= 4 is 27.9 Å². The number of carbonyl (C=O) groups is 2. The average molecular weight is 415 g/mol. The SMILES string of the molecule is Cc1ccc(F)c(C(=O)NC2CCCN(C(=O)OC(C)(C)C)C2)c1Br. The van der Waals surface area contributed by atoms with Gasteiger partial charge in [0.2, 0.25) is 0 Å². The molecular weight excluding hydrogens is 391 g/mol. The van der Waals surface area contributed by atoms with Gasteiger partial charge in [0.05, 0.1) is 5.56 Å². The van der Waals surface area contributed by atoms with Gasteiger partial charge in [-0.3, -0.25) is 4.79 Å². The van der Waals surface area contributed by atoms with Crippen LogP contribution in [0.1, 0.15) is 49.5 Å². The third kappa shape index (κ3) is 5.17. The number of likely N-dealkylation sites (tertiary alicyclic amines) is 1. The van der Waals surface area contributed by atoms with Gasteiger partial charge < -0.3 is 15.0 Å². The lowest BCUT2D eigenvalue weighted by Gasteiger charge is -2.34. The van der Waals surface area contributed by atoms with Gasteiger partial charge in [-0.15, -0.1) is 0 Å². The third-order valence-electron chi connectivity index (χ3n) is 3.92. The number of rotatable bonds is 2. The number of halogens is 2. The minimum atomic E-state index is -0.574. The summed E-state index contributed by atoms with van der Waals surface area (Å²) in [6.45, 7) is 8.17. The molecule has 138 valence electrons. The molecule has 2 rings (SSSR count). The van der Waals surface area contributed by atoms with E-state index in [1.54, 1.807) is 17.9 Å². The molecule has 1 unspecified atom stereocenters. The van der Waals surface area contributed by atoms with Crippen LogP contribution in [0, 0.1) is 12.7 Å². The third-order valence-corrected chi connectivity index (χ3v) is 4.94. The summed E-state index contributed by atoms with van der Waals surface area (Å²) in [6, 6.07) is 2.66. The largest absolute Gasteiger partial charge is 0.444 e. The van der Waals surface area contributed by atoms with Gasteiger partial charge in [-0.2, -0.15) is 0 Å². The Kier molecular flexibility index (Phi) is 6.08. The van der Waals surface area contributed by atoms with E-state index in [0.29, 0.717) is 17.6 Å². The molecule has 0 saturated carbocycles. The summed E-state index contributed by atoms with van der Waals surface area (Å²) in [5.41, 5.74) is 0.211. The van der Waals surface area contributed by atoms with Crippen molar-refractivity contribution in [2.45, 2.75) is 52.2 Å². The van der Waals surface area contributed by atoms with Gasteiger partial charge in [-0.25, -0.2) is 9.18 Å². The van der Waals surface area contributed by atoms with Gasteiger partial charge in [0.1, 0.15) is 11.4 Å². The van der Waals surface area contributed by atoms with E-state index in [-0.39, 0.29) is 11.6 Å². The zero-order valence-electron chi connectivity index (χ0n) is 15.0. The molecule has 1 aliphatic heterocycles. The first kappa shape index (κ1) is 19.7. The number of aryl methyl sites for hydroxylation is 1. The number of benzene rings is 1. The fourth-order valence-electron chi connectivity index (χ4n) is 2.71. The number of ether oxygens (including phenoxy) is 1. The molecule has 25 heavy (non-hydrogen) atoms. The van der Waals surface area contributed by atoms with Gasteiger partial charge in [0.25, 0.3) is 5.91 Å². The van der Waals surface area contributed by atoms with E-state index in [2.05, 4.69) is 21.2 Å². The van der Waals surface area contributed by atoms with Crippen LogP contribution in [0.15, 0.2) is 16.6 Å². The Morgan fingerprint density at radius 1 is 1.36 bits per heavy atom.